The molecule has 0 aromatic carbocycles. The minimum absolute atomic E-state index is 0.0461. The van der Waals surface area contributed by atoms with Crippen LogP contribution in [0.5, 0.6) is 0 Å². The van der Waals surface area contributed by atoms with E-state index in [4.69, 9.17) is 23.7 Å². The summed E-state index contributed by atoms with van der Waals surface area (Å²) in [7, 11) is 0. The molecule has 6 rings (SSSR count). The van der Waals surface area contributed by atoms with Crippen LogP contribution in [0.2, 0.25) is 0 Å². The van der Waals surface area contributed by atoms with E-state index in [-0.39, 0.29) is 46.6 Å². The van der Waals surface area contributed by atoms with Gasteiger partial charge in [-0.2, -0.15) is 0 Å². The van der Waals surface area contributed by atoms with Crippen LogP contribution < -0.4 is 0 Å². The van der Waals surface area contributed by atoms with E-state index in [9.17, 15) is 19.2 Å². The van der Waals surface area contributed by atoms with Crippen LogP contribution in [0.3, 0.4) is 0 Å². The molecule has 4 unspecified atom stereocenters. The lowest BCUT2D eigenvalue weighted by Gasteiger charge is -2.71. The third kappa shape index (κ3) is 5.58. The first kappa shape index (κ1) is 36.4. The maximum Gasteiger partial charge on any atom is 0.315 e. The number of hydrogen-bond donors (Lipinski definition) is 0. The summed E-state index contributed by atoms with van der Waals surface area (Å²) in [5, 5.41) is 0. The molecule has 5 aliphatic carbocycles. The van der Waals surface area contributed by atoms with E-state index in [0.29, 0.717) is 24.9 Å². The Morgan fingerprint density at radius 1 is 0.837 bits per heavy atom. The van der Waals surface area contributed by atoms with Crippen molar-refractivity contribution in [3.8, 4) is 0 Å². The number of hydrogen-bond acceptors (Lipinski definition) is 9. The molecule has 4 saturated carbocycles. The zero-order valence-electron chi connectivity index (χ0n) is 31.4. The van der Waals surface area contributed by atoms with Crippen LogP contribution in [-0.4, -0.2) is 55.6 Å². The Balaban J connectivity index is 1.42. The molecule has 0 aromatic rings. The molecule has 1 heterocycles. The van der Waals surface area contributed by atoms with Crippen LogP contribution in [0, 0.1) is 56.7 Å². The number of fused-ring (bicyclic) bond motifs is 7. The predicted octanol–water partition coefficient (Wildman–Crippen LogP) is 7.34. The molecule has 1 saturated heterocycles. The van der Waals surface area contributed by atoms with Crippen molar-refractivity contribution in [1.29, 1.82) is 0 Å². The van der Waals surface area contributed by atoms with Gasteiger partial charge >= 0.3 is 23.9 Å². The zero-order chi connectivity index (χ0) is 35.7. The Labute approximate surface area is 292 Å². The lowest BCUT2D eigenvalue weighted by molar-refractivity contribution is -0.256. The van der Waals surface area contributed by atoms with Crippen LogP contribution in [0.1, 0.15) is 127 Å². The maximum absolute atomic E-state index is 14.3. The van der Waals surface area contributed by atoms with E-state index < -0.39 is 47.2 Å². The average Bonchev–Trinajstić information content (AvgIpc) is 3.53. The number of allylic oxidation sites excluding steroid dienone is 2. The zero-order valence-corrected chi connectivity index (χ0v) is 31.4. The number of rotatable bonds is 6. The Kier molecular flexibility index (Phi) is 9.40. The quantitative estimate of drug-likeness (QED) is 0.161. The first-order valence-corrected chi connectivity index (χ1v) is 18.9. The molecule has 13 atom stereocenters. The lowest BCUT2D eigenvalue weighted by atomic mass is 9.33. The first-order chi connectivity index (χ1) is 22.9. The second-order valence-electron chi connectivity index (χ2n) is 17.8. The molecule has 274 valence electrons. The normalized spacial score (nSPS) is 47.2. The number of carbonyl (C=O) groups excluding carboxylic acids is 4. The van der Waals surface area contributed by atoms with Gasteiger partial charge in [-0.15, -0.1) is 0 Å². The van der Waals surface area contributed by atoms with Gasteiger partial charge in [0.15, 0.2) is 0 Å². The van der Waals surface area contributed by atoms with Gasteiger partial charge in [-0.25, -0.2) is 0 Å². The SMILES string of the molecule is CC(=O)OC[C@@]1(C)C2CC[C@]3(C)C(CC=C4C5[C@@H](C)[C@H](C)CC[C@]5(C(=O)OC5CCCO5)CC[C@]43C)[C@@]2(C)C[C@@H](OC(C)=O)[C@@H]1OC(C)=O. The summed E-state index contributed by atoms with van der Waals surface area (Å²) in [5.41, 5.74) is -0.441. The van der Waals surface area contributed by atoms with E-state index in [1.54, 1.807) is 0 Å². The van der Waals surface area contributed by atoms with Gasteiger partial charge in [0.1, 0.15) is 18.8 Å². The summed E-state index contributed by atoms with van der Waals surface area (Å²) >= 11 is 0. The van der Waals surface area contributed by atoms with Gasteiger partial charge in [0, 0.05) is 32.6 Å². The molecule has 0 amide bonds. The van der Waals surface area contributed by atoms with Gasteiger partial charge in [-0.3, -0.25) is 19.2 Å². The van der Waals surface area contributed by atoms with E-state index in [0.717, 1.165) is 57.8 Å². The molecular formula is C40H60O9. The number of ether oxygens (including phenoxy) is 5. The Bertz CT molecular complexity index is 1380. The summed E-state index contributed by atoms with van der Waals surface area (Å²) in [6, 6.07) is 0. The Hall–Kier alpha value is -2.42. The number of carbonyl (C=O) groups is 4. The standard InChI is InChI=1S/C40H60O9/c1-23-14-17-40(35(44)49-32-11-10-20-45-32)19-18-38(8)28(33(40)24(23)2)12-13-31-36(6)21-29(47-26(4)42)34(48-27(5)43)37(7,22-46-25(3)41)30(36)15-16-39(31,38)9/h12,23-24,29-34H,10-11,13-22H2,1-9H3/t23-,24+,29-,30?,31?,32?,33?,34+,36+,37+,38-,39-,40+/m1/s1. The fraction of sp³-hybridized carbons (Fsp3) is 0.850. The van der Waals surface area contributed by atoms with Crippen molar-refractivity contribution < 1.29 is 42.9 Å². The highest BCUT2D eigenvalue weighted by atomic mass is 16.7. The summed E-state index contributed by atoms with van der Waals surface area (Å²) < 4.78 is 29.7. The molecule has 0 aromatic heterocycles. The van der Waals surface area contributed by atoms with Gasteiger partial charge in [-0.05, 0) is 104 Å². The topological polar surface area (TPSA) is 114 Å². The van der Waals surface area contributed by atoms with E-state index in [1.807, 2.05) is 0 Å². The van der Waals surface area contributed by atoms with Crippen molar-refractivity contribution in [1.82, 2.24) is 0 Å². The molecule has 0 spiro atoms. The molecule has 6 aliphatic rings. The predicted molar refractivity (Wildman–Crippen MR) is 181 cm³/mol. The van der Waals surface area contributed by atoms with Gasteiger partial charge in [0.25, 0.3) is 0 Å². The summed E-state index contributed by atoms with van der Waals surface area (Å²) in [5.74, 6) is -0.114. The third-order valence-corrected chi connectivity index (χ3v) is 15.4. The molecular weight excluding hydrogens is 624 g/mol. The van der Waals surface area contributed by atoms with Crippen LogP contribution in [-0.2, 0) is 42.9 Å². The van der Waals surface area contributed by atoms with Crippen LogP contribution >= 0.6 is 0 Å². The molecule has 0 N–H and O–H groups in total. The average molecular weight is 685 g/mol. The van der Waals surface area contributed by atoms with Crippen molar-refractivity contribution in [2.75, 3.05) is 13.2 Å². The first-order valence-electron chi connectivity index (χ1n) is 18.9. The minimum atomic E-state index is -0.766. The smallest absolute Gasteiger partial charge is 0.315 e. The van der Waals surface area contributed by atoms with E-state index in [2.05, 4.69) is 47.6 Å². The minimum Gasteiger partial charge on any atom is -0.465 e. The summed E-state index contributed by atoms with van der Waals surface area (Å²) in [6.45, 7) is 18.9. The van der Waals surface area contributed by atoms with Crippen LogP contribution in [0.25, 0.3) is 0 Å². The van der Waals surface area contributed by atoms with Crippen LogP contribution in [0.15, 0.2) is 11.6 Å². The molecule has 9 heteroatoms. The monoisotopic (exact) mass is 684 g/mol. The highest BCUT2D eigenvalue weighted by Gasteiger charge is 2.72. The van der Waals surface area contributed by atoms with Gasteiger partial charge < -0.3 is 23.7 Å². The Morgan fingerprint density at radius 3 is 2.18 bits per heavy atom. The summed E-state index contributed by atoms with van der Waals surface area (Å²) in [6.07, 6.45) is 9.11. The molecule has 0 bridgehead atoms. The third-order valence-electron chi connectivity index (χ3n) is 15.4. The van der Waals surface area contributed by atoms with Gasteiger partial charge in [0.05, 0.1) is 12.0 Å². The highest BCUT2D eigenvalue weighted by Crippen LogP contribution is 2.76. The summed E-state index contributed by atoms with van der Waals surface area (Å²) in [4.78, 5) is 51.6. The van der Waals surface area contributed by atoms with Crippen molar-refractivity contribution in [2.24, 2.45) is 56.7 Å². The van der Waals surface area contributed by atoms with Crippen LogP contribution in [0.4, 0.5) is 0 Å². The molecule has 0 radical (unpaired) electrons. The van der Waals surface area contributed by atoms with Gasteiger partial charge in [-0.1, -0.05) is 53.2 Å². The molecule has 49 heavy (non-hydrogen) atoms. The number of esters is 4. The van der Waals surface area contributed by atoms with Crippen molar-refractivity contribution in [3.05, 3.63) is 11.6 Å². The molecule has 5 fully saturated rings. The fourth-order valence-corrected chi connectivity index (χ4v) is 12.8. The molecule has 1 aliphatic heterocycles. The van der Waals surface area contributed by atoms with Crippen molar-refractivity contribution >= 4 is 23.9 Å². The Morgan fingerprint density at radius 2 is 1.55 bits per heavy atom. The lowest BCUT2D eigenvalue weighted by Crippen LogP contribution is -2.69. The second-order valence-corrected chi connectivity index (χ2v) is 17.8. The van der Waals surface area contributed by atoms with E-state index >= 15 is 0 Å². The molecule has 9 nitrogen and oxygen atoms in total. The largest absolute Gasteiger partial charge is 0.465 e. The van der Waals surface area contributed by atoms with E-state index in [1.165, 1.54) is 26.3 Å². The maximum atomic E-state index is 14.3. The fourth-order valence-electron chi connectivity index (χ4n) is 12.8. The van der Waals surface area contributed by atoms with Crippen molar-refractivity contribution in [2.45, 2.75) is 145 Å². The van der Waals surface area contributed by atoms with Crippen molar-refractivity contribution in [3.63, 3.8) is 0 Å². The second kappa shape index (κ2) is 12.7. The van der Waals surface area contributed by atoms with Gasteiger partial charge in [0.2, 0.25) is 6.29 Å². The highest BCUT2D eigenvalue weighted by molar-refractivity contribution is 5.79.